The maximum atomic E-state index is 15.4. The lowest BCUT2D eigenvalue weighted by atomic mass is 9.12. The Morgan fingerprint density at radius 1 is 0.333 bits per heavy atom. The van der Waals surface area contributed by atoms with Crippen LogP contribution in [-0.2, 0) is 0 Å². The van der Waals surface area contributed by atoms with Crippen LogP contribution in [0.5, 0.6) is 0 Å². The molecule has 0 fully saturated rings. The lowest BCUT2D eigenvalue weighted by Gasteiger charge is -2.44. The lowest BCUT2D eigenvalue weighted by molar-refractivity contribution is 0.378. The average molecular weight is 929 g/mol. The van der Waals surface area contributed by atoms with Crippen molar-refractivity contribution >= 4 is 58.1 Å². The summed E-state index contributed by atoms with van der Waals surface area (Å²) < 4.78 is 294. The van der Waals surface area contributed by atoms with Crippen molar-refractivity contribution in [3.63, 3.8) is 0 Å². The molecule has 0 spiro atoms. The molecule has 5 aromatic rings. The highest BCUT2D eigenvalue weighted by Crippen LogP contribution is 2.31. The van der Waals surface area contributed by atoms with Crippen molar-refractivity contribution in [2.24, 2.45) is 0 Å². The SMILES string of the molecule is Cc1ccccc1SI.Fc1c(F)c(F)c([B-](c2c(F)c(F)c(F)c(F)c2F)(c2c(F)c(F)c(F)c(F)c2F)c2c(F)c(F)c(F)c(F)c2F)c(F)c1F. The van der Waals surface area contributed by atoms with Gasteiger partial charge in [0, 0.05) is 26.1 Å². The third-order valence-corrected chi connectivity index (χ3v) is 9.93. The summed E-state index contributed by atoms with van der Waals surface area (Å²) in [6, 6.07) is 8.38. The summed E-state index contributed by atoms with van der Waals surface area (Å²) in [7, 11) is 1.77. The molecule has 288 valence electrons. The maximum absolute atomic E-state index is 15.4. The van der Waals surface area contributed by atoms with E-state index in [2.05, 4.69) is 52.4 Å². The number of halogens is 21. The highest BCUT2D eigenvalue weighted by atomic mass is 127. The van der Waals surface area contributed by atoms with Crippen molar-refractivity contribution in [1.82, 2.24) is 0 Å². The Bertz CT molecular complexity index is 1970. The van der Waals surface area contributed by atoms with Crippen molar-refractivity contribution in [1.29, 1.82) is 0 Å². The number of hydrogen-bond acceptors (Lipinski definition) is 1. The van der Waals surface area contributed by atoms with Crippen LogP contribution in [0.3, 0.4) is 0 Å². The van der Waals surface area contributed by atoms with Gasteiger partial charge < -0.3 is 0 Å². The van der Waals surface area contributed by atoms with Crippen LogP contribution in [0.15, 0.2) is 29.2 Å². The summed E-state index contributed by atoms with van der Waals surface area (Å²) in [4.78, 5) is 1.36. The van der Waals surface area contributed by atoms with Gasteiger partial charge in [-0.05, 0) is 18.6 Å². The van der Waals surface area contributed by atoms with Gasteiger partial charge in [-0.2, -0.15) is 0 Å². The van der Waals surface area contributed by atoms with E-state index in [0.717, 1.165) is 0 Å². The molecule has 5 rings (SSSR count). The Balaban J connectivity index is 0.000000631. The zero-order chi connectivity index (χ0) is 41.0. The predicted octanol–water partition coefficient (Wildman–Crippen LogP) is 9.28. The molecule has 23 heteroatoms. The Morgan fingerprint density at radius 2 is 0.519 bits per heavy atom. The smallest absolute Gasteiger partial charge is 0.200 e. The van der Waals surface area contributed by atoms with Gasteiger partial charge in [-0.15, -0.1) is 21.9 Å². The summed E-state index contributed by atoms with van der Waals surface area (Å²) in [5.41, 5.74) is -13.0. The molecule has 5 aromatic carbocycles. The quantitative estimate of drug-likeness (QED) is 0.0558. The third kappa shape index (κ3) is 6.32. The Kier molecular flexibility index (Phi) is 12.2. The number of hydrogen-bond donors (Lipinski definition) is 0. The standard InChI is InChI=1S/C24BF20.C7H7IS/c26-5-1(6(27)14(35)21(42)13(5)34)25(2-7(28)15(36)22(43)16(37)8(2)29,3-9(30)17(38)23(44)18(39)10(3)31)4-11(32)19(40)24(45)20(41)12(4)33;1-6-4-2-3-5-7(6)9-8/h;2-5H,1H3/q-1;. The monoisotopic (exact) mass is 929 g/mol. The molecule has 0 saturated heterocycles. The van der Waals surface area contributed by atoms with Crippen molar-refractivity contribution in [3.05, 3.63) is 146 Å². The van der Waals surface area contributed by atoms with Crippen LogP contribution in [0.4, 0.5) is 87.8 Å². The third-order valence-electron chi connectivity index (χ3n) is 7.88. The summed E-state index contributed by atoms with van der Waals surface area (Å²) >= 11 is 2.30. The molecule has 0 unspecified atom stereocenters. The van der Waals surface area contributed by atoms with E-state index in [1.165, 1.54) is 10.5 Å². The fourth-order valence-electron chi connectivity index (χ4n) is 5.52. The molecule has 54 heavy (non-hydrogen) atoms. The highest BCUT2D eigenvalue weighted by Gasteiger charge is 2.52. The number of aryl methyl sites for hydroxylation is 1. The van der Waals surface area contributed by atoms with E-state index in [9.17, 15) is 52.7 Å². The topological polar surface area (TPSA) is 0 Å². The second-order valence-corrected chi connectivity index (χ2v) is 12.6. The van der Waals surface area contributed by atoms with Crippen LogP contribution in [0, 0.1) is 123 Å². The minimum Gasteiger partial charge on any atom is -0.207 e. The minimum absolute atomic E-state index is 1.36. The van der Waals surface area contributed by atoms with Gasteiger partial charge in [-0.3, -0.25) is 0 Å². The first-order valence-electron chi connectivity index (χ1n) is 13.6. The molecular formula is C31H7BF20IS-. The molecule has 0 aliphatic heterocycles. The molecule has 0 radical (unpaired) electrons. The van der Waals surface area contributed by atoms with Crippen LogP contribution in [0.1, 0.15) is 5.56 Å². The largest absolute Gasteiger partial charge is 0.207 e. The van der Waals surface area contributed by atoms with E-state index in [0.29, 0.717) is 0 Å². The van der Waals surface area contributed by atoms with Crippen LogP contribution in [0.2, 0.25) is 0 Å². The van der Waals surface area contributed by atoms with Gasteiger partial charge in [-0.25, -0.2) is 87.8 Å². The van der Waals surface area contributed by atoms with Crippen molar-refractivity contribution in [2.75, 3.05) is 0 Å². The highest BCUT2D eigenvalue weighted by molar-refractivity contribution is 14.2. The normalized spacial score (nSPS) is 11.6. The Labute approximate surface area is 303 Å². The minimum atomic E-state index is -7.22. The van der Waals surface area contributed by atoms with Crippen LogP contribution in [0.25, 0.3) is 0 Å². The maximum Gasteiger partial charge on any atom is 0.200 e. The Morgan fingerprint density at radius 3 is 0.685 bits per heavy atom. The molecule has 0 nitrogen and oxygen atoms in total. The van der Waals surface area contributed by atoms with Gasteiger partial charge >= 0.3 is 0 Å². The first kappa shape index (κ1) is 42.6. The van der Waals surface area contributed by atoms with Crippen molar-refractivity contribution in [2.45, 2.75) is 11.8 Å². The molecule has 0 saturated carbocycles. The molecule has 0 heterocycles. The van der Waals surface area contributed by atoms with E-state index in [4.69, 9.17) is 0 Å². The van der Waals surface area contributed by atoms with E-state index in [1.807, 2.05) is 0 Å². The molecule has 0 bridgehead atoms. The molecule has 0 aliphatic rings. The van der Waals surface area contributed by atoms with Crippen LogP contribution < -0.4 is 21.9 Å². The lowest BCUT2D eigenvalue weighted by Crippen LogP contribution is -2.81. The van der Waals surface area contributed by atoms with E-state index in [1.54, 1.807) is 8.93 Å². The van der Waals surface area contributed by atoms with Gasteiger partial charge in [-0.1, -0.05) is 27.1 Å². The van der Waals surface area contributed by atoms with E-state index in [-0.39, 0.29) is 0 Å². The average Bonchev–Trinajstić information content (AvgIpc) is 3.15. The van der Waals surface area contributed by atoms with E-state index >= 15 is 35.1 Å². The summed E-state index contributed by atoms with van der Waals surface area (Å²) in [6.07, 6.45) is -7.22. The second kappa shape index (κ2) is 15.5. The van der Waals surface area contributed by atoms with Gasteiger partial charge in [0.25, 0.3) is 0 Å². The number of rotatable bonds is 5. The van der Waals surface area contributed by atoms with Crippen LogP contribution >= 0.6 is 30.1 Å². The molecule has 0 aliphatic carbocycles. The predicted molar refractivity (Wildman–Crippen MR) is 160 cm³/mol. The molecule has 0 N–H and O–H groups in total. The summed E-state index contributed by atoms with van der Waals surface area (Å²) in [6.45, 7) is 2.13. The van der Waals surface area contributed by atoms with Gasteiger partial charge in [0.2, 0.25) is 0 Å². The van der Waals surface area contributed by atoms with Crippen molar-refractivity contribution < 1.29 is 87.8 Å². The fourth-order valence-corrected chi connectivity index (χ4v) is 7.32. The molecular weight excluding hydrogens is 922 g/mol. The summed E-state index contributed by atoms with van der Waals surface area (Å²) in [5, 5.41) is 0. The molecule has 0 amide bonds. The van der Waals surface area contributed by atoms with E-state index < -0.39 is 144 Å². The molecule has 0 atom stereocenters. The van der Waals surface area contributed by atoms with Gasteiger partial charge in [0.15, 0.2) is 69.8 Å². The van der Waals surface area contributed by atoms with Crippen LogP contribution in [-0.4, -0.2) is 6.15 Å². The van der Waals surface area contributed by atoms with Crippen molar-refractivity contribution in [3.8, 4) is 0 Å². The number of benzene rings is 5. The first-order valence-corrected chi connectivity index (χ1v) is 17.0. The first-order chi connectivity index (χ1) is 25.0. The summed E-state index contributed by atoms with van der Waals surface area (Å²) in [5.74, 6) is -71.4. The fraction of sp³-hybridized carbons (Fsp3) is 0.0323. The van der Waals surface area contributed by atoms with Gasteiger partial charge in [0.05, 0.1) is 0 Å². The van der Waals surface area contributed by atoms with Gasteiger partial charge in [0.1, 0.15) is 52.7 Å². The second-order valence-electron chi connectivity index (χ2n) is 10.6. The zero-order valence-electron chi connectivity index (χ0n) is 25.2. The molecule has 0 aromatic heterocycles. The zero-order valence-corrected chi connectivity index (χ0v) is 28.2. The Hall–Kier alpha value is -4.16.